The smallest absolute Gasteiger partial charge is 0.310 e. The van der Waals surface area contributed by atoms with Crippen LogP contribution in [0, 0.1) is 16.0 Å². The third kappa shape index (κ3) is 4.40. The Balaban J connectivity index is 2.57. The van der Waals surface area contributed by atoms with E-state index in [9.17, 15) is 14.9 Å². The number of rotatable bonds is 7. The number of carbonyl (C=O) groups is 1. The number of nitrogens with one attached hydrogen (secondary N) is 1. The molecule has 104 valence electrons. The summed E-state index contributed by atoms with van der Waals surface area (Å²) in [6.45, 7) is 2.09. The number of hydrogen-bond acceptors (Lipinski definition) is 4. The van der Waals surface area contributed by atoms with E-state index in [1.54, 1.807) is 19.1 Å². The first kappa shape index (κ1) is 15.2. The van der Waals surface area contributed by atoms with Crippen molar-refractivity contribution in [1.82, 2.24) is 0 Å². The Morgan fingerprint density at radius 1 is 1.58 bits per heavy atom. The van der Waals surface area contributed by atoms with Crippen LogP contribution in [-0.4, -0.2) is 22.5 Å². The van der Waals surface area contributed by atoms with Crippen LogP contribution < -0.4 is 5.32 Å². The highest BCUT2D eigenvalue weighted by molar-refractivity contribution is 6.33. The van der Waals surface area contributed by atoms with Gasteiger partial charge in [-0.2, -0.15) is 0 Å². The SMILES string of the molecule is CC(CCCNc1cccc(Cl)c1[N+](=O)[O-])C(=O)O. The number of hydrogen-bond donors (Lipinski definition) is 2. The van der Waals surface area contributed by atoms with E-state index in [-0.39, 0.29) is 10.7 Å². The molecule has 0 aliphatic carbocycles. The average Bonchev–Trinajstić information content (AvgIpc) is 2.33. The van der Waals surface area contributed by atoms with Gasteiger partial charge < -0.3 is 10.4 Å². The Labute approximate surface area is 115 Å². The van der Waals surface area contributed by atoms with E-state index in [1.165, 1.54) is 6.07 Å². The second kappa shape index (κ2) is 6.94. The predicted molar refractivity (Wildman–Crippen MR) is 72.6 cm³/mol. The lowest BCUT2D eigenvalue weighted by molar-refractivity contribution is -0.383. The van der Waals surface area contributed by atoms with Gasteiger partial charge in [-0.3, -0.25) is 14.9 Å². The molecule has 0 aromatic heterocycles. The third-order valence-electron chi connectivity index (χ3n) is 2.72. The second-order valence-electron chi connectivity index (χ2n) is 4.20. The van der Waals surface area contributed by atoms with Crippen molar-refractivity contribution in [1.29, 1.82) is 0 Å². The molecule has 0 saturated carbocycles. The van der Waals surface area contributed by atoms with Crippen LogP contribution in [0.4, 0.5) is 11.4 Å². The van der Waals surface area contributed by atoms with Crippen molar-refractivity contribution < 1.29 is 14.8 Å². The first-order chi connectivity index (χ1) is 8.93. The second-order valence-corrected chi connectivity index (χ2v) is 4.61. The Morgan fingerprint density at radius 2 is 2.26 bits per heavy atom. The summed E-state index contributed by atoms with van der Waals surface area (Å²) in [6.07, 6.45) is 1.12. The molecular formula is C12H15ClN2O4. The number of benzene rings is 1. The molecule has 1 atom stereocenters. The minimum Gasteiger partial charge on any atom is -0.481 e. The van der Waals surface area contributed by atoms with Gasteiger partial charge in [0.05, 0.1) is 10.8 Å². The van der Waals surface area contributed by atoms with Crippen molar-refractivity contribution in [2.75, 3.05) is 11.9 Å². The summed E-state index contributed by atoms with van der Waals surface area (Å²) in [5, 5.41) is 22.6. The predicted octanol–water partition coefficient (Wildman–Crippen LogP) is 3.16. The average molecular weight is 287 g/mol. The number of nitro benzene ring substituents is 1. The van der Waals surface area contributed by atoms with E-state index < -0.39 is 16.8 Å². The molecule has 0 heterocycles. The summed E-state index contributed by atoms with van der Waals surface area (Å²) in [5.74, 6) is -1.26. The van der Waals surface area contributed by atoms with Crippen molar-refractivity contribution in [2.45, 2.75) is 19.8 Å². The van der Waals surface area contributed by atoms with Crippen molar-refractivity contribution >= 4 is 28.9 Å². The Kier molecular flexibility index (Phi) is 5.57. The molecule has 1 rings (SSSR count). The first-order valence-corrected chi connectivity index (χ1v) is 6.21. The molecule has 0 radical (unpaired) electrons. The number of anilines is 1. The summed E-state index contributed by atoms with van der Waals surface area (Å²) >= 11 is 5.77. The molecule has 0 spiro atoms. The number of nitrogens with zero attached hydrogens (tertiary/aromatic N) is 1. The van der Waals surface area contributed by atoms with Crippen LogP contribution in [0.2, 0.25) is 5.02 Å². The summed E-state index contributed by atoms with van der Waals surface area (Å²) in [4.78, 5) is 21.0. The molecule has 0 saturated heterocycles. The fraction of sp³-hybridized carbons (Fsp3) is 0.417. The first-order valence-electron chi connectivity index (χ1n) is 5.83. The van der Waals surface area contributed by atoms with Crippen LogP contribution in [0.25, 0.3) is 0 Å². The zero-order valence-corrected chi connectivity index (χ0v) is 11.2. The van der Waals surface area contributed by atoms with Crippen LogP contribution in [0.3, 0.4) is 0 Å². The van der Waals surface area contributed by atoms with E-state index in [1.807, 2.05) is 0 Å². The van der Waals surface area contributed by atoms with Gasteiger partial charge in [-0.25, -0.2) is 0 Å². The number of aliphatic carboxylic acids is 1. The number of para-hydroxylation sites is 1. The van der Waals surface area contributed by atoms with Crippen LogP contribution in [0.1, 0.15) is 19.8 Å². The molecule has 1 aromatic carbocycles. The van der Waals surface area contributed by atoms with E-state index >= 15 is 0 Å². The van der Waals surface area contributed by atoms with Gasteiger partial charge in [0.15, 0.2) is 0 Å². The van der Waals surface area contributed by atoms with Gasteiger partial charge in [0.1, 0.15) is 10.7 Å². The van der Waals surface area contributed by atoms with Crippen molar-refractivity contribution in [2.24, 2.45) is 5.92 Å². The maximum Gasteiger partial charge on any atom is 0.310 e. The molecule has 0 fully saturated rings. The van der Waals surface area contributed by atoms with E-state index in [0.717, 1.165) is 0 Å². The minimum absolute atomic E-state index is 0.0777. The highest BCUT2D eigenvalue weighted by Gasteiger charge is 2.18. The number of halogens is 1. The Bertz CT molecular complexity index is 479. The zero-order chi connectivity index (χ0) is 14.4. The van der Waals surface area contributed by atoms with Gasteiger partial charge in [0, 0.05) is 6.54 Å². The molecule has 1 unspecified atom stereocenters. The number of carboxylic acid groups (broad SMARTS) is 1. The highest BCUT2D eigenvalue weighted by atomic mass is 35.5. The van der Waals surface area contributed by atoms with Gasteiger partial charge in [-0.1, -0.05) is 24.6 Å². The third-order valence-corrected chi connectivity index (χ3v) is 3.03. The molecule has 1 aromatic rings. The molecule has 0 amide bonds. The number of nitro groups is 1. The molecule has 7 heteroatoms. The maximum absolute atomic E-state index is 10.9. The quantitative estimate of drug-likeness (QED) is 0.456. The Hall–Kier alpha value is -1.82. The van der Waals surface area contributed by atoms with Crippen molar-refractivity contribution in [3.8, 4) is 0 Å². The molecule has 19 heavy (non-hydrogen) atoms. The highest BCUT2D eigenvalue weighted by Crippen LogP contribution is 2.32. The van der Waals surface area contributed by atoms with Gasteiger partial charge in [0.25, 0.3) is 0 Å². The summed E-state index contributed by atoms with van der Waals surface area (Å²) in [7, 11) is 0. The van der Waals surface area contributed by atoms with E-state index in [0.29, 0.717) is 25.1 Å². The van der Waals surface area contributed by atoms with Gasteiger partial charge in [-0.05, 0) is 25.0 Å². The van der Waals surface area contributed by atoms with Crippen LogP contribution in [-0.2, 0) is 4.79 Å². The standard InChI is InChI=1S/C12H15ClN2O4/c1-8(12(16)17)4-3-7-14-10-6-2-5-9(13)11(10)15(18)19/h2,5-6,8,14H,3-4,7H2,1H3,(H,16,17). The molecule has 0 aliphatic rings. The van der Waals surface area contributed by atoms with Crippen LogP contribution >= 0.6 is 11.6 Å². The van der Waals surface area contributed by atoms with Gasteiger partial charge >= 0.3 is 11.7 Å². The van der Waals surface area contributed by atoms with Crippen molar-refractivity contribution in [3.63, 3.8) is 0 Å². The summed E-state index contributed by atoms with van der Waals surface area (Å²) < 4.78 is 0. The molecule has 0 aliphatic heterocycles. The Morgan fingerprint density at radius 3 is 2.84 bits per heavy atom. The normalized spacial score (nSPS) is 11.9. The molecule has 2 N–H and O–H groups in total. The fourth-order valence-electron chi connectivity index (χ4n) is 1.60. The molecular weight excluding hydrogens is 272 g/mol. The zero-order valence-electron chi connectivity index (χ0n) is 10.4. The van der Waals surface area contributed by atoms with Gasteiger partial charge in [0.2, 0.25) is 0 Å². The van der Waals surface area contributed by atoms with Crippen LogP contribution in [0.5, 0.6) is 0 Å². The minimum atomic E-state index is -0.839. The van der Waals surface area contributed by atoms with Gasteiger partial charge in [-0.15, -0.1) is 0 Å². The van der Waals surface area contributed by atoms with E-state index in [4.69, 9.17) is 16.7 Å². The molecule has 6 nitrogen and oxygen atoms in total. The monoisotopic (exact) mass is 286 g/mol. The lowest BCUT2D eigenvalue weighted by Crippen LogP contribution is -2.12. The molecule has 0 bridgehead atoms. The fourth-order valence-corrected chi connectivity index (χ4v) is 1.84. The lowest BCUT2D eigenvalue weighted by atomic mass is 10.1. The topological polar surface area (TPSA) is 92.5 Å². The van der Waals surface area contributed by atoms with E-state index in [2.05, 4.69) is 5.32 Å². The lowest BCUT2D eigenvalue weighted by Gasteiger charge is -2.09. The summed E-state index contributed by atoms with van der Waals surface area (Å²) in [6, 6.07) is 4.65. The largest absolute Gasteiger partial charge is 0.481 e. The van der Waals surface area contributed by atoms with Crippen molar-refractivity contribution in [3.05, 3.63) is 33.3 Å². The van der Waals surface area contributed by atoms with Crippen LogP contribution in [0.15, 0.2) is 18.2 Å². The summed E-state index contributed by atoms with van der Waals surface area (Å²) in [5.41, 5.74) is 0.191. The maximum atomic E-state index is 10.9. The number of carboxylic acids is 1.